The van der Waals surface area contributed by atoms with Crippen LogP contribution in [0.3, 0.4) is 0 Å². The Morgan fingerprint density at radius 2 is 1.59 bits per heavy atom. The monoisotopic (exact) mass is 462 g/mol. The van der Waals surface area contributed by atoms with E-state index in [1.54, 1.807) is 0 Å². The van der Waals surface area contributed by atoms with Gasteiger partial charge in [0, 0.05) is 6.42 Å². The molecule has 3 nitrogen and oxygen atoms in total. The minimum Gasteiger partial charge on any atom is -0.433 e. The smallest absolute Gasteiger partial charge is 0.397 e. The Balaban J connectivity index is 2.09. The number of rotatable bonds is 8. The predicted molar refractivity (Wildman–Crippen MR) is 117 cm³/mol. The van der Waals surface area contributed by atoms with Gasteiger partial charge in [0.2, 0.25) is 9.84 Å². The van der Waals surface area contributed by atoms with Gasteiger partial charge >= 0.3 is 6.11 Å². The average Bonchev–Trinajstić information content (AvgIpc) is 2.75. The van der Waals surface area contributed by atoms with Crippen LogP contribution < -0.4 is 4.74 Å². The average molecular weight is 463 g/mol. The highest BCUT2D eigenvalue weighted by molar-refractivity contribution is 7.91. The molecule has 0 fully saturated rings. The highest BCUT2D eigenvalue weighted by Gasteiger charge is 2.30. The van der Waals surface area contributed by atoms with Crippen LogP contribution in [0.5, 0.6) is 5.75 Å². The van der Waals surface area contributed by atoms with Gasteiger partial charge in [0.25, 0.3) is 0 Å². The molecular weight excluding hydrogens is 437 g/mol. The first-order chi connectivity index (χ1) is 15.0. The second-order valence-electron chi connectivity index (χ2n) is 7.87. The molecule has 0 amide bonds. The Morgan fingerprint density at radius 1 is 0.938 bits per heavy atom. The van der Waals surface area contributed by atoms with Crippen molar-refractivity contribution >= 4 is 9.84 Å². The lowest BCUT2D eigenvalue weighted by Gasteiger charge is -2.18. The molecule has 0 radical (unpaired) electrons. The van der Waals surface area contributed by atoms with Crippen molar-refractivity contribution in [2.24, 2.45) is 0 Å². The number of ether oxygens (including phenoxy) is 1. The Labute approximate surface area is 186 Å². The molecule has 0 N–H and O–H groups in total. The van der Waals surface area contributed by atoms with Crippen LogP contribution in [0.4, 0.5) is 13.2 Å². The van der Waals surface area contributed by atoms with Crippen molar-refractivity contribution in [1.82, 2.24) is 0 Å². The molecular formula is C25H25F3O3S. The van der Waals surface area contributed by atoms with Gasteiger partial charge in [0.15, 0.2) is 0 Å². The van der Waals surface area contributed by atoms with E-state index in [0.717, 1.165) is 29.3 Å². The molecule has 0 aliphatic carbocycles. The summed E-state index contributed by atoms with van der Waals surface area (Å²) in [5, 5.41) is 0. The third-order valence-electron chi connectivity index (χ3n) is 5.17. The van der Waals surface area contributed by atoms with Crippen molar-refractivity contribution in [1.29, 1.82) is 0 Å². The van der Waals surface area contributed by atoms with E-state index in [9.17, 15) is 21.6 Å². The first-order valence-corrected chi connectivity index (χ1v) is 11.8. The number of hydrogen-bond donors (Lipinski definition) is 0. The molecule has 32 heavy (non-hydrogen) atoms. The van der Waals surface area contributed by atoms with E-state index in [4.69, 9.17) is 4.74 Å². The molecule has 7 heteroatoms. The number of sulfone groups is 1. The van der Waals surface area contributed by atoms with Crippen LogP contribution in [0.2, 0.25) is 0 Å². The van der Waals surface area contributed by atoms with Crippen LogP contribution in [-0.4, -0.2) is 14.5 Å². The van der Waals surface area contributed by atoms with Crippen molar-refractivity contribution in [2.45, 2.75) is 55.4 Å². The maximum absolute atomic E-state index is 14.3. The molecule has 3 aromatic rings. The molecule has 0 saturated carbocycles. The Kier molecular flexibility index (Phi) is 6.98. The van der Waals surface area contributed by atoms with Crippen LogP contribution in [0.25, 0.3) is 0 Å². The summed E-state index contributed by atoms with van der Waals surface area (Å²) in [6.45, 7) is 5.39. The standard InChI is InChI=1S/C25H25F3O3S/c1-4-25(27,28)31-21-14-13-20(15-18-9-11-19(12-10-18)17(2)3)24(16-21)32(29,30)23-8-6-5-7-22(23)26/h5-14,16-17H,4,15H2,1-3H3. The third-order valence-corrected chi connectivity index (χ3v) is 7.04. The molecule has 0 aliphatic rings. The van der Waals surface area contributed by atoms with Crippen LogP contribution >= 0.6 is 0 Å². The SMILES string of the molecule is CCC(F)(F)Oc1ccc(Cc2ccc(C(C)C)cc2)c(S(=O)(=O)c2ccccc2F)c1. The highest BCUT2D eigenvalue weighted by Crippen LogP contribution is 2.33. The van der Waals surface area contributed by atoms with E-state index in [1.165, 1.54) is 31.2 Å². The van der Waals surface area contributed by atoms with Gasteiger partial charge in [-0.05, 0) is 53.3 Å². The van der Waals surface area contributed by atoms with Crippen LogP contribution in [0, 0.1) is 5.82 Å². The minimum absolute atomic E-state index is 0.228. The molecule has 0 atom stereocenters. The maximum atomic E-state index is 14.3. The summed E-state index contributed by atoms with van der Waals surface area (Å²) in [4.78, 5) is -0.782. The first kappa shape index (κ1) is 23.9. The summed E-state index contributed by atoms with van der Waals surface area (Å²) >= 11 is 0. The van der Waals surface area contributed by atoms with E-state index >= 15 is 0 Å². The van der Waals surface area contributed by atoms with E-state index in [2.05, 4.69) is 13.8 Å². The van der Waals surface area contributed by atoms with Crippen molar-refractivity contribution in [3.63, 3.8) is 0 Å². The molecule has 3 aromatic carbocycles. The number of alkyl halides is 2. The van der Waals surface area contributed by atoms with Crippen molar-refractivity contribution in [3.8, 4) is 5.75 Å². The fraction of sp³-hybridized carbons (Fsp3) is 0.280. The molecule has 0 unspecified atom stereocenters. The lowest BCUT2D eigenvalue weighted by atomic mass is 9.99. The summed E-state index contributed by atoms with van der Waals surface area (Å²) in [6.07, 6.45) is -3.80. The van der Waals surface area contributed by atoms with Crippen molar-refractivity contribution < 1.29 is 26.3 Å². The largest absolute Gasteiger partial charge is 0.433 e. The lowest BCUT2D eigenvalue weighted by molar-refractivity contribution is -0.177. The molecule has 0 bridgehead atoms. The summed E-state index contributed by atoms with van der Waals surface area (Å²) in [6, 6.07) is 16.5. The fourth-order valence-corrected chi connectivity index (χ4v) is 4.84. The van der Waals surface area contributed by atoms with Gasteiger partial charge in [-0.2, -0.15) is 8.78 Å². The van der Waals surface area contributed by atoms with Gasteiger partial charge in [0.1, 0.15) is 16.5 Å². The van der Waals surface area contributed by atoms with Crippen molar-refractivity contribution in [3.05, 3.63) is 89.2 Å². The van der Waals surface area contributed by atoms with Gasteiger partial charge in [-0.15, -0.1) is 0 Å². The second-order valence-corrected chi connectivity index (χ2v) is 9.76. The second kappa shape index (κ2) is 9.36. The molecule has 0 aromatic heterocycles. The summed E-state index contributed by atoms with van der Waals surface area (Å²) in [5.74, 6) is -0.867. The van der Waals surface area contributed by atoms with Crippen molar-refractivity contribution in [2.75, 3.05) is 0 Å². The molecule has 0 spiro atoms. The summed E-state index contributed by atoms with van der Waals surface area (Å²) in [7, 11) is -4.33. The number of hydrogen-bond acceptors (Lipinski definition) is 3. The zero-order valence-electron chi connectivity index (χ0n) is 18.1. The van der Waals surface area contributed by atoms with E-state index in [0.29, 0.717) is 11.5 Å². The normalized spacial score (nSPS) is 12.2. The minimum atomic E-state index is -4.33. The van der Waals surface area contributed by atoms with Gasteiger partial charge in [-0.25, -0.2) is 12.8 Å². The molecule has 0 heterocycles. The summed E-state index contributed by atoms with van der Waals surface area (Å²) < 4.78 is 73.2. The predicted octanol–water partition coefficient (Wildman–Crippen LogP) is 6.75. The lowest BCUT2D eigenvalue weighted by Crippen LogP contribution is -2.23. The quantitative estimate of drug-likeness (QED) is 0.372. The molecule has 3 rings (SSSR count). The molecule has 0 saturated heterocycles. The van der Waals surface area contributed by atoms with Crippen LogP contribution in [0.1, 0.15) is 49.8 Å². The first-order valence-electron chi connectivity index (χ1n) is 10.3. The maximum Gasteiger partial charge on any atom is 0.397 e. The molecule has 170 valence electrons. The van der Waals surface area contributed by atoms with Gasteiger partial charge in [0.05, 0.1) is 4.90 Å². The number of benzene rings is 3. The van der Waals surface area contributed by atoms with Gasteiger partial charge in [-0.1, -0.05) is 63.2 Å². The van der Waals surface area contributed by atoms with E-state index in [1.807, 2.05) is 24.3 Å². The fourth-order valence-electron chi connectivity index (χ4n) is 3.26. The molecule has 0 aliphatic heterocycles. The number of halogens is 3. The van der Waals surface area contributed by atoms with Crippen LogP contribution in [-0.2, 0) is 16.3 Å². The Morgan fingerprint density at radius 3 is 2.19 bits per heavy atom. The highest BCUT2D eigenvalue weighted by atomic mass is 32.2. The summed E-state index contributed by atoms with van der Waals surface area (Å²) in [5.41, 5.74) is 2.34. The zero-order chi connectivity index (χ0) is 23.5. The van der Waals surface area contributed by atoms with E-state index in [-0.39, 0.29) is 17.1 Å². The topological polar surface area (TPSA) is 43.4 Å². The zero-order valence-corrected chi connectivity index (χ0v) is 18.9. The van der Waals surface area contributed by atoms with Crippen LogP contribution in [0.15, 0.2) is 76.5 Å². The van der Waals surface area contributed by atoms with Gasteiger partial charge in [-0.3, -0.25) is 0 Å². The third kappa shape index (κ3) is 5.33. The Hall–Kier alpha value is -2.80. The van der Waals surface area contributed by atoms with E-state index < -0.39 is 33.1 Å². The Bertz CT molecular complexity index is 1190. The van der Waals surface area contributed by atoms with Gasteiger partial charge < -0.3 is 4.74 Å².